The molecule has 5 nitrogen and oxygen atoms in total. The van der Waals surface area contributed by atoms with Crippen LogP contribution in [0.25, 0.3) is 0 Å². The van der Waals surface area contributed by atoms with E-state index in [1.807, 2.05) is 4.90 Å². The Balaban J connectivity index is 1.68. The Morgan fingerprint density at radius 3 is 2.75 bits per heavy atom. The number of hydrogen-bond donors (Lipinski definition) is 0. The summed E-state index contributed by atoms with van der Waals surface area (Å²) in [5, 5.41) is 0. The molecule has 0 radical (unpaired) electrons. The van der Waals surface area contributed by atoms with Crippen molar-refractivity contribution in [1.82, 2.24) is 14.8 Å². The van der Waals surface area contributed by atoms with Crippen LogP contribution in [0.4, 0.5) is 0 Å². The number of piperidine rings is 1. The second-order valence-corrected chi connectivity index (χ2v) is 8.11. The number of aromatic nitrogens is 1. The number of rotatable bonds is 3. The molecule has 5 heteroatoms. The van der Waals surface area contributed by atoms with Crippen molar-refractivity contribution in [3.63, 3.8) is 0 Å². The van der Waals surface area contributed by atoms with E-state index in [1.54, 1.807) is 24.5 Å². The molecular weight excluding hydrogens is 302 g/mol. The molecule has 1 amide bonds. The van der Waals surface area contributed by atoms with Gasteiger partial charge >= 0.3 is 0 Å². The Kier molecular flexibility index (Phi) is 5.21. The van der Waals surface area contributed by atoms with E-state index in [4.69, 9.17) is 4.74 Å². The number of hydrogen-bond acceptors (Lipinski definition) is 4. The average Bonchev–Trinajstić information content (AvgIpc) is 2.59. The van der Waals surface area contributed by atoms with Gasteiger partial charge in [-0.2, -0.15) is 0 Å². The molecule has 3 heterocycles. The summed E-state index contributed by atoms with van der Waals surface area (Å²) in [7, 11) is 0. The monoisotopic (exact) mass is 331 g/mol. The highest BCUT2D eigenvalue weighted by molar-refractivity contribution is 5.94. The third-order valence-corrected chi connectivity index (χ3v) is 5.03. The summed E-state index contributed by atoms with van der Waals surface area (Å²) in [4.78, 5) is 21.4. The van der Waals surface area contributed by atoms with Crippen molar-refractivity contribution in [3.05, 3.63) is 30.1 Å². The number of amides is 1. The van der Waals surface area contributed by atoms with Crippen molar-refractivity contribution in [2.45, 2.75) is 45.8 Å². The molecule has 24 heavy (non-hydrogen) atoms. The minimum atomic E-state index is 0.105. The molecule has 132 valence electrons. The first-order valence-electron chi connectivity index (χ1n) is 8.99. The molecule has 3 rings (SSSR count). The molecule has 0 aliphatic carbocycles. The molecule has 2 atom stereocenters. The molecule has 2 aliphatic heterocycles. The molecule has 0 unspecified atom stereocenters. The Morgan fingerprint density at radius 2 is 2.04 bits per heavy atom. The number of carbonyl (C=O) groups is 1. The van der Waals surface area contributed by atoms with Gasteiger partial charge in [-0.15, -0.1) is 0 Å². The maximum Gasteiger partial charge on any atom is 0.254 e. The fourth-order valence-electron chi connectivity index (χ4n) is 3.55. The molecule has 0 saturated carbocycles. The van der Waals surface area contributed by atoms with Crippen molar-refractivity contribution >= 4 is 5.91 Å². The van der Waals surface area contributed by atoms with Gasteiger partial charge in [0.25, 0.3) is 5.91 Å². The molecule has 0 spiro atoms. The third kappa shape index (κ3) is 4.14. The molecule has 1 aromatic rings. The van der Waals surface area contributed by atoms with Crippen LogP contribution in [0.5, 0.6) is 0 Å². The lowest BCUT2D eigenvalue weighted by Gasteiger charge is -2.47. The van der Waals surface area contributed by atoms with E-state index in [1.165, 1.54) is 6.42 Å². The van der Waals surface area contributed by atoms with Crippen molar-refractivity contribution in [2.75, 3.05) is 32.8 Å². The Bertz CT molecular complexity index is 555. The first-order chi connectivity index (χ1) is 11.4. The van der Waals surface area contributed by atoms with Gasteiger partial charge in [0, 0.05) is 37.6 Å². The van der Waals surface area contributed by atoms with Gasteiger partial charge in [-0.1, -0.05) is 20.8 Å². The number of nitrogens with zero attached hydrogens (tertiary/aromatic N) is 3. The average molecular weight is 331 g/mol. The zero-order valence-electron chi connectivity index (χ0n) is 15.1. The second-order valence-electron chi connectivity index (χ2n) is 8.11. The Labute approximate surface area is 145 Å². The standard InChI is InChI=1S/C19H29N3O2/c1-19(2,3)7-11-21-10-6-17-16(14-21)22(12-13-24-17)18(23)15-4-8-20-9-5-15/h4-5,8-9,16-17H,6-7,10-14H2,1-3H3/t16-,17-/m0/s1. The highest BCUT2D eigenvalue weighted by atomic mass is 16.5. The molecule has 0 N–H and O–H groups in total. The lowest BCUT2D eigenvalue weighted by molar-refractivity contribution is -0.0909. The molecular formula is C19H29N3O2. The SMILES string of the molecule is CC(C)(C)CCN1CC[C@@H]2OCCN(C(=O)c3ccncc3)[C@H]2C1. The summed E-state index contributed by atoms with van der Waals surface area (Å²) in [6.07, 6.45) is 5.72. The number of ether oxygens (including phenoxy) is 1. The first-order valence-corrected chi connectivity index (χ1v) is 8.99. The summed E-state index contributed by atoms with van der Waals surface area (Å²) in [5.74, 6) is 0.105. The zero-order valence-corrected chi connectivity index (χ0v) is 15.1. The van der Waals surface area contributed by atoms with Crippen LogP contribution in [0.15, 0.2) is 24.5 Å². The predicted octanol–water partition coefficient (Wildman–Crippen LogP) is 2.43. The van der Waals surface area contributed by atoms with Gasteiger partial charge in [0.1, 0.15) is 0 Å². The van der Waals surface area contributed by atoms with Crippen LogP contribution < -0.4 is 0 Å². The van der Waals surface area contributed by atoms with E-state index < -0.39 is 0 Å². The molecule has 0 aromatic carbocycles. The first kappa shape index (κ1) is 17.4. The largest absolute Gasteiger partial charge is 0.374 e. The van der Waals surface area contributed by atoms with Gasteiger partial charge in [0.05, 0.1) is 18.8 Å². The molecule has 2 saturated heterocycles. The van der Waals surface area contributed by atoms with E-state index in [-0.39, 0.29) is 18.1 Å². The van der Waals surface area contributed by atoms with Crippen molar-refractivity contribution in [3.8, 4) is 0 Å². The fraction of sp³-hybridized carbons (Fsp3) is 0.684. The number of carbonyl (C=O) groups excluding carboxylic acids is 1. The van der Waals surface area contributed by atoms with Crippen LogP contribution in [-0.4, -0.2) is 65.6 Å². The second kappa shape index (κ2) is 7.19. The predicted molar refractivity (Wildman–Crippen MR) is 93.9 cm³/mol. The van der Waals surface area contributed by atoms with Crippen LogP contribution in [0.1, 0.15) is 44.0 Å². The maximum atomic E-state index is 12.9. The van der Waals surface area contributed by atoms with Crippen LogP contribution in [-0.2, 0) is 4.74 Å². The summed E-state index contributed by atoms with van der Waals surface area (Å²) in [5.41, 5.74) is 1.06. The number of morpholine rings is 1. The van der Waals surface area contributed by atoms with E-state index in [9.17, 15) is 4.79 Å². The summed E-state index contributed by atoms with van der Waals surface area (Å²) in [6, 6.07) is 3.76. The van der Waals surface area contributed by atoms with E-state index >= 15 is 0 Å². The summed E-state index contributed by atoms with van der Waals surface area (Å²) in [6.45, 7) is 11.2. The lowest BCUT2D eigenvalue weighted by Crippen LogP contribution is -2.61. The van der Waals surface area contributed by atoms with Gasteiger partial charge in [0.2, 0.25) is 0 Å². The van der Waals surface area contributed by atoms with E-state index in [0.717, 1.165) is 31.6 Å². The van der Waals surface area contributed by atoms with Gasteiger partial charge in [-0.05, 0) is 36.9 Å². The van der Waals surface area contributed by atoms with Gasteiger partial charge < -0.3 is 14.5 Å². The molecule has 0 bridgehead atoms. The van der Waals surface area contributed by atoms with Crippen LogP contribution in [0, 0.1) is 5.41 Å². The zero-order chi connectivity index (χ0) is 17.2. The van der Waals surface area contributed by atoms with Gasteiger partial charge in [-0.25, -0.2) is 0 Å². The van der Waals surface area contributed by atoms with Gasteiger partial charge in [0.15, 0.2) is 0 Å². The lowest BCUT2D eigenvalue weighted by atomic mass is 9.91. The van der Waals surface area contributed by atoms with Crippen LogP contribution in [0.2, 0.25) is 0 Å². The number of pyridine rings is 1. The fourth-order valence-corrected chi connectivity index (χ4v) is 3.55. The molecule has 2 aliphatic rings. The number of likely N-dealkylation sites (tertiary alicyclic amines) is 1. The van der Waals surface area contributed by atoms with Crippen LogP contribution in [0.3, 0.4) is 0 Å². The summed E-state index contributed by atoms with van der Waals surface area (Å²) < 4.78 is 5.96. The Hall–Kier alpha value is -1.46. The van der Waals surface area contributed by atoms with E-state index in [0.29, 0.717) is 18.6 Å². The Morgan fingerprint density at radius 1 is 1.29 bits per heavy atom. The number of fused-ring (bicyclic) bond motifs is 1. The summed E-state index contributed by atoms with van der Waals surface area (Å²) >= 11 is 0. The van der Waals surface area contributed by atoms with Crippen LogP contribution >= 0.6 is 0 Å². The smallest absolute Gasteiger partial charge is 0.254 e. The minimum absolute atomic E-state index is 0.105. The molecule has 1 aromatic heterocycles. The maximum absolute atomic E-state index is 12.9. The minimum Gasteiger partial charge on any atom is -0.374 e. The highest BCUT2D eigenvalue weighted by Gasteiger charge is 2.39. The molecule has 2 fully saturated rings. The van der Waals surface area contributed by atoms with Crippen molar-refractivity contribution < 1.29 is 9.53 Å². The third-order valence-electron chi connectivity index (χ3n) is 5.03. The highest BCUT2D eigenvalue weighted by Crippen LogP contribution is 2.26. The normalized spacial score (nSPS) is 25.4. The van der Waals surface area contributed by atoms with Gasteiger partial charge in [-0.3, -0.25) is 9.78 Å². The topological polar surface area (TPSA) is 45.7 Å². The quantitative estimate of drug-likeness (QED) is 0.853. The van der Waals surface area contributed by atoms with Crippen molar-refractivity contribution in [2.24, 2.45) is 5.41 Å². The van der Waals surface area contributed by atoms with Crippen molar-refractivity contribution in [1.29, 1.82) is 0 Å². The van der Waals surface area contributed by atoms with E-state index in [2.05, 4.69) is 30.7 Å².